The lowest BCUT2D eigenvalue weighted by Gasteiger charge is -2.10. The zero-order valence-electron chi connectivity index (χ0n) is 17.4. The van der Waals surface area contributed by atoms with Crippen molar-refractivity contribution in [2.45, 2.75) is 0 Å². The van der Waals surface area contributed by atoms with Gasteiger partial charge in [-0.25, -0.2) is 20.7 Å². The van der Waals surface area contributed by atoms with Gasteiger partial charge in [-0.15, -0.1) is 4.99 Å². The molecule has 0 bridgehead atoms. The van der Waals surface area contributed by atoms with Crippen molar-refractivity contribution >= 4 is 40.9 Å². The average molecular weight is 479 g/mol. The number of nitrogens with one attached hydrogen (secondary N) is 2. The van der Waals surface area contributed by atoms with Gasteiger partial charge in [0.05, 0.1) is 17.1 Å². The minimum absolute atomic E-state index is 0.511. The fourth-order valence-electron chi connectivity index (χ4n) is 3.12. The molecule has 0 aliphatic carbocycles. The summed E-state index contributed by atoms with van der Waals surface area (Å²) in [5.74, 6) is 0.511. The summed E-state index contributed by atoms with van der Waals surface area (Å²) in [5, 5.41) is 13.0. The Hall–Kier alpha value is -3.42. The zero-order chi connectivity index (χ0) is 23.0. The summed E-state index contributed by atoms with van der Waals surface area (Å²) in [4.78, 5) is 13.3. The van der Waals surface area contributed by atoms with Gasteiger partial charge >= 0.3 is 0 Å². The van der Waals surface area contributed by atoms with Crippen molar-refractivity contribution in [2.75, 3.05) is 17.3 Å². The predicted octanol–water partition coefficient (Wildman–Crippen LogP) is 7.06. The molecule has 0 spiro atoms. The summed E-state index contributed by atoms with van der Waals surface area (Å²) in [6, 6.07) is 24.4. The average Bonchev–Trinajstić information content (AvgIpc) is 2.84. The minimum Gasteiger partial charge on any atom is -0.351 e. The fourth-order valence-corrected chi connectivity index (χ4v) is 3.38. The van der Waals surface area contributed by atoms with Crippen LogP contribution >= 0.6 is 23.2 Å². The number of halogens is 2. The number of anilines is 2. The van der Waals surface area contributed by atoms with Crippen LogP contribution in [0.25, 0.3) is 28.6 Å². The van der Waals surface area contributed by atoms with Gasteiger partial charge in [0, 0.05) is 27.7 Å². The minimum atomic E-state index is 0.511. The third-order valence-corrected chi connectivity index (χ3v) is 5.27. The highest BCUT2D eigenvalue weighted by molar-refractivity contribution is 6.30. The van der Waals surface area contributed by atoms with E-state index < -0.39 is 0 Å². The van der Waals surface area contributed by atoms with Gasteiger partial charge in [-0.05, 0) is 48.0 Å². The molecule has 1 heterocycles. The molecule has 166 valence electrons. The van der Waals surface area contributed by atoms with Crippen molar-refractivity contribution in [2.24, 2.45) is 0 Å². The third kappa shape index (κ3) is 6.31. The fraction of sp³-hybridized carbons (Fsp3) is 0.0400. The molecule has 6 nitrogen and oxygen atoms in total. The van der Waals surface area contributed by atoms with Gasteiger partial charge in [0.2, 0.25) is 5.95 Å². The molecule has 3 aromatic carbocycles. The maximum absolute atomic E-state index is 8.42. The van der Waals surface area contributed by atoms with E-state index in [1.807, 2.05) is 78.9 Å². The lowest BCUT2D eigenvalue weighted by molar-refractivity contribution is -0.215. The summed E-state index contributed by atoms with van der Waals surface area (Å²) in [6.07, 6.45) is 3.95. The van der Waals surface area contributed by atoms with E-state index in [1.54, 1.807) is 12.1 Å². The highest BCUT2D eigenvalue weighted by atomic mass is 35.5. The van der Waals surface area contributed by atoms with Crippen LogP contribution < -0.4 is 10.8 Å². The molecule has 0 fully saturated rings. The first-order chi connectivity index (χ1) is 16.1. The second-order valence-corrected chi connectivity index (χ2v) is 7.95. The molecule has 0 saturated heterocycles. The summed E-state index contributed by atoms with van der Waals surface area (Å²) < 4.78 is 0. The SMILES string of the molecule is OONc1ccc(/C=C\CNc2nc(-c3ccc(Cl)cc3)cc(-c3ccc(Cl)cc3)n2)cc1. The van der Waals surface area contributed by atoms with E-state index in [-0.39, 0.29) is 0 Å². The number of rotatable bonds is 8. The summed E-state index contributed by atoms with van der Waals surface area (Å²) in [5.41, 5.74) is 7.45. The van der Waals surface area contributed by atoms with E-state index in [0.717, 1.165) is 28.1 Å². The van der Waals surface area contributed by atoms with Crippen LogP contribution in [0, 0.1) is 0 Å². The molecule has 8 heteroatoms. The van der Waals surface area contributed by atoms with Gasteiger partial charge in [-0.1, -0.05) is 71.8 Å². The highest BCUT2D eigenvalue weighted by Gasteiger charge is 2.09. The third-order valence-electron chi connectivity index (χ3n) is 4.77. The molecule has 33 heavy (non-hydrogen) atoms. The van der Waals surface area contributed by atoms with Crippen molar-refractivity contribution in [3.05, 3.63) is 101 Å². The quantitative estimate of drug-likeness (QED) is 0.186. The van der Waals surface area contributed by atoms with E-state index in [9.17, 15) is 0 Å². The highest BCUT2D eigenvalue weighted by Crippen LogP contribution is 2.27. The lowest BCUT2D eigenvalue weighted by Crippen LogP contribution is -2.05. The van der Waals surface area contributed by atoms with Gasteiger partial charge in [-0.3, -0.25) is 0 Å². The van der Waals surface area contributed by atoms with Crippen LogP contribution in [-0.2, 0) is 4.99 Å². The van der Waals surface area contributed by atoms with E-state index >= 15 is 0 Å². The number of hydrogen-bond acceptors (Lipinski definition) is 6. The molecule has 0 atom stereocenters. The Labute approximate surface area is 201 Å². The number of aromatic nitrogens is 2. The van der Waals surface area contributed by atoms with E-state index in [1.165, 1.54) is 0 Å². The first-order valence-corrected chi connectivity index (χ1v) is 10.8. The van der Waals surface area contributed by atoms with Crippen LogP contribution in [0.1, 0.15) is 5.56 Å². The second kappa shape index (κ2) is 10.9. The Kier molecular flexibility index (Phi) is 7.55. The lowest BCUT2D eigenvalue weighted by atomic mass is 10.1. The van der Waals surface area contributed by atoms with Gasteiger partial charge < -0.3 is 5.32 Å². The van der Waals surface area contributed by atoms with Crippen molar-refractivity contribution in [1.82, 2.24) is 9.97 Å². The van der Waals surface area contributed by atoms with Crippen molar-refractivity contribution < 1.29 is 10.2 Å². The van der Waals surface area contributed by atoms with Crippen LogP contribution in [0.5, 0.6) is 0 Å². The maximum Gasteiger partial charge on any atom is 0.224 e. The molecule has 0 amide bonds. The smallest absolute Gasteiger partial charge is 0.224 e. The van der Waals surface area contributed by atoms with Crippen molar-refractivity contribution in [1.29, 1.82) is 0 Å². The standard InChI is InChI=1S/C25H20Cl2N4O2/c26-20-9-5-18(6-10-20)23-16-24(19-7-11-21(27)12-8-19)30-25(29-23)28-15-1-2-17-3-13-22(14-4-17)31-33-32/h1-14,16,31-32H,15H2,(H,28,29,30)/b2-1-. The Morgan fingerprint density at radius 2 is 1.33 bits per heavy atom. The largest absolute Gasteiger partial charge is 0.351 e. The number of benzene rings is 3. The van der Waals surface area contributed by atoms with Crippen LogP contribution in [-0.4, -0.2) is 21.8 Å². The first-order valence-electron chi connectivity index (χ1n) is 10.1. The molecule has 4 aromatic rings. The Morgan fingerprint density at radius 3 is 1.85 bits per heavy atom. The van der Waals surface area contributed by atoms with Gasteiger partial charge in [-0.2, -0.15) is 0 Å². The van der Waals surface area contributed by atoms with Crippen LogP contribution in [0.2, 0.25) is 10.0 Å². The molecule has 3 N–H and O–H groups in total. The van der Waals surface area contributed by atoms with E-state index in [4.69, 9.17) is 28.5 Å². The molecule has 0 unspecified atom stereocenters. The topological polar surface area (TPSA) is 79.3 Å². The monoisotopic (exact) mass is 478 g/mol. The van der Waals surface area contributed by atoms with Crippen LogP contribution in [0.4, 0.5) is 11.6 Å². The predicted molar refractivity (Wildman–Crippen MR) is 134 cm³/mol. The molecular formula is C25H20Cl2N4O2. The van der Waals surface area contributed by atoms with Crippen molar-refractivity contribution in [3.63, 3.8) is 0 Å². The Balaban J connectivity index is 1.54. The van der Waals surface area contributed by atoms with E-state index in [0.29, 0.717) is 28.2 Å². The van der Waals surface area contributed by atoms with Gasteiger partial charge in [0.1, 0.15) is 0 Å². The Bertz CT molecular complexity index is 1170. The zero-order valence-corrected chi connectivity index (χ0v) is 18.9. The normalized spacial score (nSPS) is 11.0. The molecule has 0 radical (unpaired) electrons. The van der Waals surface area contributed by atoms with Gasteiger partial charge in [0.15, 0.2) is 0 Å². The molecule has 0 saturated carbocycles. The summed E-state index contributed by atoms with van der Waals surface area (Å²) in [7, 11) is 0. The maximum atomic E-state index is 8.42. The molecule has 0 aliphatic heterocycles. The second-order valence-electron chi connectivity index (χ2n) is 7.07. The Morgan fingerprint density at radius 1 is 0.788 bits per heavy atom. The summed E-state index contributed by atoms with van der Waals surface area (Å²) in [6.45, 7) is 0.532. The van der Waals surface area contributed by atoms with Crippen LogP contribution in [0.3, 0.4) is 0 Å². The van der Waals surface area contributed by atoms with Crippen LogP contribution in [0.15, 0.2) is 84.9 Å². The number of hydrogen-bond donors (Lipinski definition) is 3. The first kappa shape index (κ1) is 22.8. The number of nitrogens with zero attached hydrogens (tertiary/aromatic N) is 2. The summed E-state index contributed by atoms with van der Waals surface area (Å²) >= 11 is 12.1. The van der Waals surface area contributed by atoms with Gasteiger partial charge in [0.25, 0.3) is 0 Å². The van der Waals surface area contributed by atoms with Crippen molar-refractivity contribution in [3.8, 4) is 22.5 Å². The molecule has 4 rings (SSSR count). The molecule has 0 aliphatic rings. The van der Waals surface area contributed by atoms with E-state index in [2.05, 4.69) is 25.8 Å². The molecule has 1 aromatic heterocycles. The molecular weight excluding hydrogens is 459 g/mol.